The molecular weight excluding hydrogens is 556 g/mol. The number of unbranched alkanes of at least 4 members (excludes halogenated alkanes) is 1. The third-order valence-corrected chi connectivity index (χ3v) is 7.91. The Morgan fingerprint density at radius 2 is 1.57 bits per heavy atom. The first-order chi connectivity index (χ1) is 16.4. The van der Waals surface area contributed by atoms with Crippen molar-refractivity contribution in [3.63, 3.8) is 0 Å². The van der Waals surface area contributed by atoms with E-state index in [0.29, 0.717) is 22.2 Å². The largest absolute Gasteiger partial charge is 0.354 e. The van der Waals surface area contributed by atoms with Crippen molar-refractivity contribution in [2.24, 2.45) is 0 Å². The van der Waals surface area contributed by atoms with Crippen molar-refractivity contribution in [1.29, 1.82) is 0 Å². The van der Waals surface area contributed by atoms with Crippen LogP contribution in [-0.4, -0.2) is 50.5 Å². The molecule has 7 nitrogen and oxygen atoms in total. The second-order valence-corrected chi connectivity index (χ2v) is 11.4. The molecule has 35 heavy (non-hydrogen) atoms. The minimum atomic E-state index is -3.95. The van der Waals surface area contributed by atoms with E-state index in [2.05, 4.69) is 5.32 Å². The molecule has 0 radical (unpaired) electrons. The van der Waals surface area contributed by atoms with E-state index in [9.17, 15) is 18.0 Å². The zero-order valence-corrected chi connectivity index (χ0v) is 23.4. The Morgan fingerprint density at radius 3 is 2.14 bits per heavy atom. The first-order valence-electron chi connectivity index (χ1n) is 10.8. The van der Waals surface area contributed by atoms with Crippen molar-refractivity contribution >= 4 is 73.9 Å². The lowest BCUT2D eigenvalue weighted by Gasteiger charge is -2.32. The Kier molecular flexibility index (Phi) is 11.0. The molecule has 0 heterocycles. The van der Waals surface area contributed by atoms with E-state index < -0.39 is 28.5 Å². The first-order valence-corrected chi connectivity index (χ1v) is 14.2. The number of amides is 2. The standard InChI is InChI=1S/C23H27Cl4N3O4S/c1-4-5-12-28-23(32)15(2)29(13-16-17(24)8-6-9-18(16)25)21(31)14-30(35(3,33)34)20-11-7-10-19(26)22(20)27/h6-11,15H,4-5,12-14H2,1-3H3,(H,28,32)/t15-/m0/s1. The molecule has 0 aromatic heterocycles. The fourth-order valence-electron chi connectivity index (χ4n) is 3.25. The van der Waals surface area contributed by atoms with Gasteiger partial charge in [-0.15, -0.1) is 0 Å². The SMILES string of the molecule is CCCCNC(=O)[C@H](C)N(Cc1c(Cl)cccc1Cl)C(=O)CN(c1cccc(Cl)c1Cl)S(C)(=O)=O. The maximum Gasteiger partial charge on any atom is 0.244 e. The predicted octanol–water partition coefficient (Wildman–Crippen LogP) is 5.40. The summed E-state index contributed by atoms with van der Waals surface area (Å²) in [5.41, 5.74) is 0.481. The zero-order valence-electron chi connectivity index (χ0n) is 19.5. The summed E-state index contributed by atoms with van der Waals surface area (Å²) in [6.07, 6.45) is 2.61. The molecule has 2 aromatic carbocycles. The van der Waals surface area contributed by atoms with Crippen LogP contribution in [0.2, 0.25) is 20.1 Å². The van der Waals surface area contributed by atoms with Crippen molar-refractivity contribution < 1.29 is 18.0 Å². The van der Waals surface area contributed by atoms with Gasteiger partial charge in [-0.1, -0.05) is 71.9 Å². The number of hydrogen-bond donors (Lipinski definition) is 1. The molecule has 0 bridgehead atoms. The Labute approximate surface area is 226 Å². The van der Waals surface area contributed by atoms with Crippen molar-refractivity contribution in [3.05, 3.63) is 62.1 Å². The van der Waals surface area contributed by atoms with E-state index in [4.69, 9.17) is 46.4 Å². The Morgan fingerprint density at radius 1 is 1.00 bits per heavy atom. The third-order valence-electron chi connectivity index (χ3n) is 5.27. The molecule has 0 aliphatic rings. The molecule has 192 valence electrons. The van der Waals surface area contributed by atoms with E-state index in [0.717, 1.165) is 23.4 Å². The molecule has 0 aliphatic carbocycles. The smallest absolute Gasteiger partial charge is 0.244 e. The predicted molar refractivity (Wildman–Crippen MR) is 143 cm³/mol. The Balaban J connectivity index is 2.45. The van der Waals surface area contributed by atoms with Gasteiger partial charge in [0.2, 0.25) is 21.8 Å². The van der Waals surface area contributed by atoms with Gasteiger partial charge in [0.25, 0.3) is 0 Å². The van der Waals surface area contributed by atoms with Gasteiger partial charge in [0, 0.05) is 28.7 Å². The molecule has 0 unspecified atom stereocenters. The minimum absolute atomic E-state index is 0.0153. The van der Waals surface area contributed by atoms with Crippen LogP contribution >= 0.6 is 46.4 Å². The fraction of sp³-hybridized carbons (Fsp3) is 0.391. The molecule has 2 amide bonds. The van der Waals surface area contributed by atoms with Crippen molar-refractivity contribution in [3.8, 4) is 0 Å². The third kappa shape index (κ3) is 7.89. The van der Waals surface area contributed by atoms with Gasteiger partial charge in [-0.05, 0) is 37.6 Å². The monoisotopic (exact) mass is 581 g/mol. The summed E-state index contributed by atoms with van der Waals surface area (Å²) in [4.78, 5) is 27.6. The lowest BCUT2D eigenvalue weighted by atomic mass is 10.1. The Bertz CT molecular complexity index is 1160. The van der Waals surface area contributed by atoms with Crippen molar-refractivity contribution in [2.75, 3.05) is 23.7 Å². The van der Waals surface area contributed by atoms with Crippen LogP contribution in [0.1, 0.15) is 32.3 Å². The lowest BCUT2D eigenvalue weighted by molar-refractivity contribution is -0.139. The highest BCUT2D eigenvalue weighted by molar-refractivity contribution is 7.92. The Hall–Kier alpha value is -1.71. The quantitative estimate of drug-likeness (QED) is 0.359. The van der Waals surface area contributed by atoms with E-state index >= 15 is 0 Å². The second kappa shape index (κ2) is 13.0. The summed E-state index contributed by atoms with van der Waals surface area (Å²) in [7, 11) is -3.95. The van der Waals surface area contributed by atoms with E-state index in [1.165, 1.54) is 23.1 Å². The molecule has 12 heteroatoms. The molecule has 0 saturated carbocycles. The molecule has 2 aromatic rings. The molecule has 0 spiro atoms. The van der Waals surface area contributed by atoms with Crippen LogP contribution in [0, 0.1) is 0 Å². The number of rotatable bonds is 11. The van der Waals surface area contributed by atoms with E-state index in [1.54, 1.807) is 25.1 Å². The molecule has 1 N–H and O–H groups in total. The number of benzene rings is 2. The summed E-state index contributed by atoms with van der Waals surface area (Å²) < 4.78 is 26.1. The summed E-state index contributed by atoms with van der Waals surface area (Å²) in [5, 5.41) is 3.54. The maximum absolute atomic E-state index is 13.6. The first kappa shape index (κ1) is 29.5. The van der Waals surface area contributed by atoms with Crippen LogP contribution in [0.25, 0.3) is 0 Å². The van der Waals surface area contributed by atoms with Crippen LogP contribution < -0.4 is 9.62 Å². The van der Waals surface area contributed by atoms with Gasteiger partial charge >= 0.3 is 0 Å². The number of carbonyl (C=O) groups is 2. The van der Waals surface area contributed by atoms with E-state index in [1.807, 2.05) is 6.92 Å². The highest BCUT2D eigenvalue weighted by atomic mass is 35.5. The highest BCUT2D eigenvalue weighted by Crippen LogP contribution is 2.34. The van der Waals surface area contributed by atoms with Crippen LogP contribution in [0.15, 0.2) is 36.4 Å². The average molecular weight is 583 g/mol. The molecule has 0 fully saturated rings. The lowest BCUT2D eigenvalue weighted by Crippen LogP contribution is -2.51. The minimum Gasteiger partial charge on any atom is -0.354 e. The van der Waals surface area contributed by atoms with Gasteiger partial charge < -0.3 is 10.2 Å². The average Bonchev–Trinajstić information content (AvgIpc) is 2.78. The van der Waals surface area contributed by atoms with Crippen LogP contribution in [0.4, 0.5) is 5.69 Å². The summed E-state index contributed by atoms with van der Waals surface area (Å²) in [5.74, 6) is -1.04. The second-order valence-electron chi connectivity index (χ2n) is 7.88. The molecule has 1 atom stereocenters. The molecule has 0 aliphatic heterocycles. The van der Waals surface area contributed by atoms with Crippen LogP contribution in [0.3, 0.4) is 0 Å². The maximum atomic E-state index is 13.6. The van der Waals surface area contributed by atoms with Gasteiger partial charge in [0.05, 0.1) is 22.0 Å². The fourth-order valence-corrected chi connectivity index (χ4v) is 5.07. The van der Waals surface area contributed by atoms with Crippen molar-refractivity contribution in [2.45, 2.75) is 39.3 Å². The number of nitrogens with one attached hydrogen (secondary N) is 1. The number of nitrogens with zero attached hydrogens (tertiary/aromatic N) is 2. The molecule has 0 saturated heterocycles. The zero-order chi connectivity index (χ0) is 26.3. The summed E-state index contributed by atoms with van der Waals surface area (Å²) in [6.45, 7) is 3.27. The van der Waals surface area contributed by atoms with Gasteiger partial charge in [0.15, 0.2) is 0 Å². The summed E-state index contributed by atoms with van der Waals surface area (Å²) >= 11 is 25.0. The van der Waals surface area contributed by atoms with Gasteiger partial charge in [-0.25, -0.2) is 8.42 Å². The van der Waals surface area contributed by atoms with Gasteiger partial charge in [-0.3, -0.25) is 13.9 Å². The number of halogens is 4. The number of carbonyl (C=O) groups excluding carboxylic acids is 2. The highest BCUT2D eigenvalue weighted by Gasteiger charge is 2.31. The van der Waals surface area contributed by atoms with Gasteiger partial charge in [-0.2, -0.15) is 0 Å². The number of anilines is 1. The molecule has 2 rings (SSSR count). The number of sulfonamides is 1. The topological polar surface area (TPSA) is 86.8 Å². The van der Waals surface area contributed by atoms with Crippen LogP contribution in [-0.2, 0) is 26.2 Å². The van der Waals surface area contributed by atoms with E-state index in [-0.39, 0.29) is 28.2 Å². The number of hydrogen-bond acceptors (Lipinski definition) is 4. The van der Waals surface area contributed by atoms with Crippen LogP contribution in [0.5, 0.6) is 0 Å². The molecular formula is C23H27Cl4N3O4S. The summed E-state index contributed by atoms with van der Waals surface area (Å²) in [6, 6.07) is 8.43. The van der Waals surface area contributed by atoms with Crippen molar-refractivity contribution in [1.82, 2.24) is 10.2 Å². The van der Waals surface area contributed by atoms with Gasteiger partial charge in [0.1, 0.15) is 12.6 Å². The normalized spacial score (nSPS) is 12.2.